The lowest BCUT2D eigenvalue weighted by molar-refractivity contribution is 0.592. The smallest absolute Gasteiger partial charge is 0.191 e. The maximum absolute atomic E-state index is 13.0. The fraction of sp³-hybridized carbons (Fsp3) is 0.385. The minimum absolute atomic E-state index is 0.245. The van der Waals surface area contributed by atoms with Gasteiger partial charge in [-0.15, -0.1) is 10.2 Å². The molecule has 0 radical (unpaired) electrons. The highest BCUT2D eigenvalue weighted by Crippen LogP contribution is 2.27. The van der Waals surface area contributed by atoms with E-state index in [1.54, 1.807) is 17.8 Å². The third-order valence-electron chi connectivity index (χ3n) is 2.80. The molecule has 0 saturated carbocycles. The standard InChI is InChI=1S/C13H16BrFN4S/c1-2-5-19-12(7-16)17-18-13(19)20-8-9-3-4-10(15)6-11(9)14/h3-4,6H,2,5,7-8,16H2,1H3. The Morgan fingerprint density at radius 2 is 2.20 bits per heavy atom. The molecule has 0 saturated heterocycles. The molecule has 0 bridgehead atoms. The van der Waals surface area contributed by atoms with Gasteiger partial charge in [-0.05, 0) is 24.1 Å². The van der Waals surface area contributed by atoms with Gasteiger partial charge < -0.3 is 10.3 Å². The number of hydrogen-bond acceptors (Lipinski definition) is 4. The van der Waals surface area contributed by atoms with Crippen LogP contribution in [-0.2, 0) is 18.8 Å². The van der Waals surface area contributed by atoms with Crippen molar-refractivity contribution in [3.05, 3.63) is 39.9 Å². The molecule has 0 aliphatic heterocycles. The van der Waals surface area contributed by atoms with Crippen LogP contribution in [0.3, 0.4) is 0 Å². The zero-order chi connectivity index (χ0) is 14.5. The summed E-state index contributed by atoms with van der Waals surface area (Å²) in [6.45, 7) is 3.34. The molecule has 0 spiro atoms. The molecule has 2 aromatic rings. The highest BCUT2D eigenvalue weighted by atomic mass is 79.9. The van der Waals surface area contributed by atoms with Gasteiger partial charge in [0.2, 0.25) is 0 Å². The van der Waals surface area contributed by atoms with Gasteiger partial charge in [-0.25, -0.2) is 4.39 Å². The lowest BCUT2D eigenvalue weighted by Gasteiger charge is -2.08. The highest BCUT2D eigenvalue weighted by molar-refractivity contribution is 9.10. The number of aromatic nitrogens is 3. The van der Waals surface area contributed by atoms with E-state index < -0.39 is 0 Å². The molecule has 0 unspecified atom stereocenters. The molecular weight excluding hydrogens is 343 g/mol. The van der Waals surface area contributed by atoms with Gasteiger partial charge in [-0.1, -0.05) is 40.7 Å². The zero-order valence-electron chi connectivity index (χ0n) is 11.1. The minimum Gasteiger partial charge on any atom is -0.324 e. The molecule has 0 amide bonds. The molecule has 2 N–H and O–H groups in total. The maximum Gasteiger partial charge on any atom is 0.191 e. The number of benzene rings is 1. The molecule has 108 valence electrons. The third kappa shape index (κ3) is 3.59. The number of nitrogens with two attached hydrogens (primary N) is 1. The van der Waals surface area contributed by atoms with E-state index in [4.69, 9.17) is 5.73 Å². The molecule has 0 aliphatic rings. The minimum atomic E-state index is -0.245. The zero-order valence-corrected chi connectivity index (χ0v) is 13.5. The summed E-state index contributed by atoms with van der Waals surface area (Å²) in [6, 6.07) is 4.71. The molecule has 0 atom stereocenters. The fourth-order valence-electron chi connectivity index (χ4n) is 1.81. The molecule has 1 aromatic carbocycles. The first-order valence-corrected chi connectivity index (χ1v) is 8.12. The highest BCUT2D eigenvalue weighted by Gasteiger charge is 2.11. The Labute approximate surface area is 130 Å². The second-order valence-corrected chi connectivity index (χ2v) is 6.08. The van der Waals surface area contributed by atoms with Gasteiger partial charge in [-0.2, -0.15) is 0 Å². The van der Waals surface area contributed by atoms with Crippen LogP contribution in [0.25, 0.3) is 0 Å². The first-order chi connectivity index (χ1) is 9.65. The van der Waals surface area contributed by atoms with Crippen LogP contribution >= 0.6 is 27.7 Å². The number of rotatable bonds is 6. The maximum atomic E-state index is 13.0. The van der Waals surface area contributed by atoms with Crippen molar-refractivity contribution < 1.29 is 4.39 Å². The van der Waals surface area contributed by atoms with Crippen LogP contribution in [0, 0.1) is 5.82 Å². The SMILES string of the molecule is CCCn1c(CN)nnc1SCc1ccc(F)cc1Br. The van der Waals surface area contributed by atoms with Crippen molar-refractivity contribution in [2.45, 2.75) is 37.3 Å². The van der Waals surface area contributed by atoms with Crippen molar-refractivity contribution in [1.82, 2.24) is 14.8 Å². The van der Waals surface area contributed by atoms with E-state index in [0.29, 0.717) is 12.3 Å². The van der Waals surface area contributed by atoms with Crippen molar-refractivity contribution in [2.24, 2.45) is 5.73 Å². The summed E-state index contributed by atoms with van der Waals surface area (Å²) in [6.07, 6.45) is 0.999. The number of thioether (sulfide) groups is 1. The van der Waals surface area contributed by atoms with Gasteiger partial charge in [0.05, 0.1) is 6.54 Å². The number of hydrogen-bond donors (Lipinski definition) is 1. The number of nitrogens with zero attached hydrogens (tertiary/aromatic N) is 3. The van der Waals surface area contributed by atoms with Crippen molar-refractivity contribution in [3.8, 4) is 0 Å². The number of halogens is 2. The topological polar surface area (TPSA) is 56.7 Å². The summed E-state index contributed by atoms with van der Waals surface area (Å²) in [5, 5.41) is 9.12. The Morgan fingerprint density at radius 3 is 2.85 bits per heavy atom. The first-order valence-electron chi connectivity index (χ1n) is 6.34. The van der Waals surface area contributed by atoms with E-state index in [2.05, 4.69) is 33.1 Å². The molecule has 7 heteroatoms. The van der Waals surface area contributed by atoms with Crippen LogP contribution in [0.15, 0.2) is 27.8 Å². The Hall–Kier alpha value is -0.920. The van der Waals surface area contributed by atoms with E-state index >= 15 is 0 Å². The summed E-state index contributed by atoms with van der Waals surface area (Å²) < 4.78 is 15.9. The molecular formula is C13H16BrFN4S. The van der Waals surface area contributed by atoms with Gasteiger partial charge in [0.25, 0.3) is 0 Å². The molecule has 0 fully saturated rings. The van der Waals surface area contributed by atoms with Crippen LogP contribution in [0.1, 0.15) is 24.7 Å². The Morgan fingerprint density at radius 1 is 1.40 bits per heavy atom. The summed E-state index contributed by atoms with van der Waals surface area (Å²) >= 11 is 4.95. The quantitative estimate of drug-likeness (QED) is 0.804. The molecule has 0 aliphatic carbocycles. The van der Waals surface area contributed by atoms with E-state index in [1.807, 2.05) is 4.57 Å². The molecule has 1 heterocycles. The molecule has 4 nitrogen and oxygen atoms in total. The van der Waals surface area contributed by atoms with Gasteiger partial charge in [0.1, 0.15) is 11.6 Å². The van der Waals surface area contributed by atoms with Crippen molar-refractivity contribution in [1.29, 1.82) is 0 Å². The van der Waals surface area contributed by atoms with Crippen LogP contribution in [0.2, 0.25) is 0 Å². The summed E-state index contributed by atoms with van der Waals surface area (Å²) in [5.74, 6) is 1.26. The third-order valence-corrected chi connectivity index (χ3v) is 4.55. The average Bonchev–Trinajstić information content (AvgIpc) is 2.81. The van der Waals surface area contributed by atoms with Crippen LogP contribution in [0.4, 0.5) is 4.39 Å². The summed E-state index contributed by atoms with van der Waals surface area (Å²) in [5.41, 5.74) is 6.69. The summed E-state index contributed by atoms with van der Waals surface area (Å²) in [7, 11) is 0. The van der Waals surface area contributed by atoms with Crippen LogP contribution in [0.5, 0.6) is 0 Å². The van der Waals surface area contributed by atoms with E-state index in [-0.39, 0.29) is 5.82 Å². The van der Waals surface area contributed by atoms with Crippen LogP contribution in [-0.4, -0.2) is 14.8 Å². The molecule has 2 rings (SSSR count). The molecule has 20 heavy (non-hydrogen) atoms. The first kappa shape index (κ1) is 15.5. The van der Waals surface area contributed by atoms with Crippen molar-refractivity contribution >= 4 is 27.7 Å². The normalized spacial score (nSPS) is 11.0. The van der Waals surface area contributed by atoms with E-state index in [0.717, 1.165) is 34.0 Å². The van der Waals surface area contributed by atoms with E-state index in [1.165, 1.54) is 12.1 Å². The Bertz CT molecular complexity index is 588. The predicted molar refractivity (Wildman–Crippen MR) is 81.9 cm³/mol. The predicted octanol–water partition coefficient (Wildman–Crippen LogP) is 3.34. The van der Waals surface area contributed by atoms with Gasteiger partial charge in [0.15, 0.2) is 5.16 Å². The summed E-state index contributed by atoms with van der Waals surface area (Å²) in [4.78, 5) is 0. The lowest BCUT2D eigenvalue weighted by Crippen LogP contribution is -2.09. The Balaban J connectivity index is 2.12. The second-order valence-electron chi connectivity index (χ2n) is 4.28. The van der Waals surface area contributed by atoms with Gasteiger partial charge in [0, 0.05) is 16.8 Å². The lowest BCUT2D eigenvalue weighted by atomic mass is 10.2. The van der Waals surface area contributed by atoms with Crippen molar-refractivity contribution in [2.75, 3.05) is 0 Å². The monoisotopic (exact) mass is 358 g/mol. The van der Waals surface area contributed by atoms with Crippen LogP contribution < -0.4 is 5.73 Å². The van der Waals surface area contributed by atoms with E-state index in [9.17, 15) is 4.39 Å². The van der Waals surface area contributed by atoms with Crippen molar-refractivity contribution in [3.63, 3.8) is 0 Å². The van der Waals surface area contributed by atoms with Gasteiger partial charge >= 0.3 is 0 Å². The Kier molecular flexibility index (Phi) is 5.56. The second kappa shape index (κ2) is 7.19. The fourth-order valence-corrected chi connectivity index (χ4v) is 3.47. The molecule has 1 aromatic heterocycles. The average molecular weight is 359 g/mol. The largest absolute Gasteiger partial charge is 0.324 e. The van der Waals surface area contributed by atoms with Gasteiger partial charge in [-0.3, -0.25) is 0 Å².